The number of unbranched alkanes of at least 4 members (excludes halogenated alkanes) is 1. The Morgan fingerprint density at radius 3 is 2.55 bits per heavy atom. The van der Waals surface area contributed by atoms with Crippen LogP contribution in [0, 0.1) is 0 Å². The monoisotopic (exact) mass is 293 g/mol. The Morgan fingerprint density at radius 2 is 1.85 bits per heavy atom. The Bertz CT molecular complexity index is 578. The predicted molar refractivity (Wildman–Crippen MR) is 81.7 cm³/mol. The summed E-state index contributed by atoms with van der Waals surface area (Å²) in [6, 6.07) is 3.80. The van der Waals surface area contributed by atoms with Gasteiger partial charge < -0.3 is 15.2 Å². The molecule has 0 unspecified atom stereocenters. The highest BCUT2D eigenvalue weighted by Gasteiger charge is 2.10. The summed E-state index contributed by atoms with van der Waals surface area (Å²) in [5, 5.41) is 1.95. The van der Waals surface area contributed by atoms with Gasteiger partial charge in [-0.3, -0.25) is 0 Å². The summed E-state index contributed by atoms with van der Waals surface area (Å²) in [6.45, 7) is 0.732. The largest absolute Gasteiger partial charge is 0.493 e. The third-order valence-electron chi connectivity index (χ3n) is 2.94. The highest BCUT2D eigenvalue weighted by molar-refractivity contribution is 7.99. The van der Waals surface area contributed by atoms with Crippen LogP contribution in [0.15, 0.2) is 23.5 Å². The highest BCUT2D eigenvalue weighted by atomic mass is 32.2. The quantitative estimate of drug-likeness (QED) is 0.480. The van der Waals surface area contributed by atoms with Crippen molar-refractivity contribution in [2.24, 2.45) is 5.73 Å². The number of fused-ring (bicyclic) bond motifs is 1. The van der Waals surface area contributed by atoms with Crippen molar-refractivity contribution in [1.82, 2.24) is 9.97 Å². The molecule has 20 heavy (non-hydrogen) atoms. The summed E-state index contributed by atoms with van der Waals surface area (Å²) in [6.07, 6.45) is 3.70. The van der Waals surface area contributed by atoms with Gasteiger partial charge in [-0.05, 0) is 31.2 Å². The number of hydrogen-bond donors (Lipinski definition) is 1. The Kier molecular flexibility index (Phi) is 5.43. The highest BCUT2D eigenvalue weighted by Crippen LogP contribution is 2.34. The number of thioether (sulfide) groups is 1. The molecule has 0 aliphatic carbocycles. The smallest absolute Gasteiger partial charge is 0.162 e. The first-order valence-corrected chi connectivity index (χ1v) is 7.48. The molecule has 2 aromatic rings. The molecular formula is C14H19N3O2S. The van der Waals surface area contributed by atoms with Crippen LogP contribution in [0.25, 0.3) is 10.9 Å². The Labute approximate surface area is 122 Å². The number of hydrogen-bond acceptors (Lipinski definition) is 6. The zero-order valence-electron chi connectivity index (χ0n) is 11.8. The van der Waals surface area contributed by atoms with Gasteiger partial charge in [0, 0.05) is 11.5 Å². The molecule has 1 heterocycles. The van der Waals surface area contributed by atoms with Crippen molar-refractivity contribution in [3.63, 3.8) is 0 Å². The molecule has 0 aliphatic heterocycles. The molecule has 0 saturated heterocycles. The maximum Gasteiger partial charge on any atom is 0.162 e. The molecule has 0 saturated carbocycles. The van der Waals surface area contributed by atoms with Gasteiger partial charge in [0.15, 0.2) is 11.5 Å². The van der Waals surface area contributed by atoms with Crippen molar-refractivity contribution >= 4 is 22.7 Å². The van der Waals surface area contributed by atoms with E-state index in [1.807, 2.05) is 12.1 Å². The summed E-state index contributed by atoms with van der Waals surface area (Å²) in [5.41, 5.74) is 6.36. The Morgan fingerprint density at radius 1 is 1.10 bits per heavy atom. The summed E-state index contributed by atoms with van der Waals surface area (Å²) in [7, 11) is 3.24. The van der Waals surface area contributed by atoms with E-state index in [1.54, 1.807) is 32.3 Å². The first-order chi connectivity index (χ1) is 9.80. The van der Waals surface area contributed by atoms with E-state index in [0.29, 0.717) is 11.5 Å². The molecule has 0 fully saturated rings. The first-order valence-electron chi connectivity index (χ1n) is 6.49. The lowest BCUT2D eigenvalue weighted by molar-refractivity contribution is 0.355. The van der Waals surface area contributed by atoms with Crippen LogP contribution in [0.1, 0.15) is 12.8 Å². The van der Waals surface area contributed by atoms with E-state index >= 15 is 0 Å². The molecule has 2 rings (SSSR count). The molecule has 108 valence electrons. The molecular weight excluding hydrogens is 274 g/mol. The SMILES string of the molecule is COc1cc2ncnc(SCCCCN)c2cc1OC. The third kappa shape index (κ3) is 3.32. The van der Waals surface area contributed by atoms with Gasteiger partial charge in [0.05, 0.1) is 19.7 Å². The molecule has 1 aromatic heterocycles. The van der Waals surface area contributed by atoms with Gasteiger partial charge in [-0.2, -0.15) is 0 Å². The Hall–Kier alpha value is -1.53. The topological polar surface area (TPSA) is 70.3 Å². The van der Waals surface area contributed by atoms with Gasteiger partial charge >= 0.3 is 0 Å². The fourth-order valence-corrected chi connectivity index (χ4v) is 2.87. The number of nitrogens with two attached hydrogens (primary N) is 1. The number of methoxy groups -OCH3 is 2. The molecule has 1 aromatic carbocycles. The molecule has 0 amide bonds. The predicted octanol–water partition coefficient (Wildman–Crippen LogP) is 2.48. The fraction of sp³-hybridized carbons (Fsp3) is 0.429. The third-order valence-corrected chi connectivity index (χ3v) is 4.03. The summed E-state index contributed by atoms with van der Waals surface area (Å²) in [4.78, 5) is 8.65. The lowest BCUT2D eigenvalue weighted by atomic mass is 10.2. The minimum Gasteiger partial charge on any atom is -0.493 e. The minimum atomic E-state index is 0.679. The number of nitrogens with zero attached hydrogens (tertiary/aromatic N) is 2. The minimum absolute atomic E-state index is 0.679. The lowest BCUT2D eigenvalue weighted by Crippen LogP contribution is -1.98. The van der Waals surface area contributed by atoms with E-state index in [1.165, 1.54) is 0 Å². The second kappa shape index (κ2) is 7.31. The average Bonchev–Trinajstić information content (AvgIpc) is 2.50. The van der Waals surface area contributed by atoms with Crippen LogP contribution in [-0.4, -0.2) is 36.5 Å². The van der Waals surface area contributed by atoms with Crippen LogP contribution >= 0.6 is 11.8 Å². The van der Waals surface area contributed by atoms with E-state index in [9.17, 15) is 0 Å². The van der Waals surface area contributed by atoms with Gasteiger partial charge in [0.25, 0.3) is 0 Å². The summed E-state index contributed by atoms with van der Waals surface area (Å²) >= 11 is 1.72. The standard InChI is InChI=1S/C14H19N3O2S/c1-18-12-7-10-11(8-13(12)19-2)16-9-17-14(10)20-6-4-3-5-15/h7-9H,3-6,15H2,1-2H3. The molecule has 0 atom stereocenters. The molecule has 5 nitrogen and oxygen atoms in total. The number of rotatable bonds is 7. The van der Waals surface area contributed by atoms with Gasteiger partial charge in [0.2, 0.25) is 0 Å². The molecule has 0 aliphatic rings. The van der Waals surface area contributed by atoms with Gasteiger partial charge in [-0.1, -0.05) is 0 Å². The van der Waals surface area contributed by atoms with Crippen molar-refractivity contribution in [1.29, 1.82) is 0 Å². The van der Waals surface area contributed by atoms with Crippen LogP contribution in [0.3, 0.4) is 0 Å². The van der Waals surface area contributed by atoms with Crippen LogP contribution < -0.4 is 15.2 Å². The fourth-order valence-electron chi connectivity index (χ4n) is 1.89. The lowest BCUT2D eigenvalue weighted by Gasteiger charge is -2.10. The maximum atomic E-state index is 5.50. The average molecular weight is 293 g/mol. The molecule has 2 N–H and O–H groups in total. The second-order valence-corrected chi connectivity index (χ2v) is 5.33. The van der Waals surface area contributed by atoms with E-state index in [-0.39, 0.29) is 0 Å². The van der Waals surface area contributed by atoms with Gasteiger partial charge in [-0.25, -0.2) is 9.97 Å². The van der Waals surface area contributed by atoms with Crippen molar-refractivity contribution in [3.8, 4) is 11.5 Å². The molecule has 0 spiro atoms. The van der Waals surface area contributed by atoms with Crippen molar-refractivity contribution in [2.75, 3.05) is 26.5 Å². The Balaban J connectivity index is 2.30. The van der Waals surface area contributed by atoms with Crippen LogP contribution in [0.5, 0.6) is 11.5 Å². The number of benzene rings is 1. The number of aromatic nitrogens is 2. The van der Waals surface area contributed by atoms with Gasteiger partial charge in [0.1, 0.15) is 11.4 Å². The molecule has 6 heteroatoms. The van der Waals surface area contributed by atoms with Crippen molar-refractivity contribution in [2.45, 2.75) is 17.9 Å². The van der Waals surface area contributed by atoms with Crippen LogP contribution in [0.4, 0.5) is 0 Å². The van der Waals surface area contributed by atoms with E-state index in [0.717, 1.165) is 41.1 Å². The van der Waals surface area contributed by atoms with Crippen molar-refractivity contribution in [3.05, 3.63) is 18.5 Å². The zero-order valence-corrected chi connectivity index (χ0v) is 12.6. The van der Waals surface area contributed by atoms with Crippen molar-refractivity contribution < 1.29 is 9.47 Å². The summed E-state index contributed by atoms with van der Waals surface area (Å²) in [5.74, 6) is 2.37. The second-order valence-electron chi connectivity index (χ2n) is 4.25. The maximum absolute atomic E-state index is 5.50. The van der Waals surface area contributed by atoms with Gasteiger partial charge in [-0.15, -0.1) is 11.8 Å². The normalized spacial score (nSPS) is 10.8. The molecule has 0 radical (unpaired) electrons. The van der Waals surface area contributed by atoms with Crippen LogP contribution in [0.2, 0.25) is 0 Å². The summed E-state index contributed by atoms with van der Waals surface area (Å²) < 4.78 is 10.6. The van der Waals surface area contributed by atoms with E-state index in [4.69, 9.17) is 15.2 Å². The number of ether oxygens (including phenoxy) is 2. The first kappa shape index (κ1) is 14.9. The van der Waals surface area contributed by atoms with E-state index < -0.39 is 0 Å². The zero-order chi connectivity index (χ0) is 14.4. The van der Waals surface area contributed by atoms with E-state index in [2.05, 4.69) is 9.97 Å². The molecule has 0 bridgehead atoms. The van der Waals surface area contributed by atoms with Crippen LogP contribution in [-0.2, 0) is 0 Å².